The zero-order valence-corrected chi connectivity index (χ0v) is 15.8. The Balaban J connectivity index is 2.33. The fourth-order valence-electron chi connectivity index (χ4n) is 3.08. The first-order valence-electron chi connectivity index (χ1n) is 7.26. The van der Waals surface area contributed by atoms with Crippen LogP contribution in [0.1, 0.15) is 11.1 Å². The molecule has 2 unspecified atom stereocenters. The predicted octanol–water partition coefficient (Wildman–Crippen LogP) is 5.00. The highest BCUT2D eigenvalue weighted by Crippen LogP contribution is 2.44. The third kappa shape index (κ3) is 2.79. The maximum Gasteiger partial charge on any atom is 0.127 e. The molecular formula is C18H18Br2O2. The van der Waals surface area contributed by atoms with E-state index in [0.29, 0.717) is 9.65 Å². The molecule has 2 aromatic carbocycles. The van der Waals surface area contributed by atoms with Crippen molar-refractivity contribution in [2.24, 2.45) is 0 Å². The largest absolute Gasteiger partial charge is 0.496 e. The lowest BCUT2D eigenvalue weighted by molar-refractivity contribution is 0.409. The summed E-state index contributed by atoms with van der Waals surface area (Å²) >= 11 is 7.65. The third-order valence-corrected chi connectivity index (χ3v) is 6.77. The van der Waals surface area contributed by atoms with Crippen LogP contribution in [0.15, 0.2) is 36.4 Å². The lowest BCUT2D eigenvalue weighted by Gasteiger charge is -2.26. The third-order valence-electron chi connectivity index (χ3n) is 4.14. The Morgan fingerprint density at radius 3 is 1.55 bits per heavy atom. The molecule has 0 aliphatic heterocycles. The first-order chi connectivity index (χ1) is 10.7. The van der Waals surface area contributed by atoms with E-state index in [4.69, 9.17) is 9.47 Å². The molecule has 0 saturated carbocycles. The minimum Gasteiger partial charge on any atom is -0.496 e. The van der Waals surface area contributed by atoms with Gasteiger partial charge < -0.3 is 9.47 Å². The van der Waals surface area contributed by atoms with Crippen LogP contribution in [-0.2, 0) is 12.8 Å². The molecule has 0 saturated heterocycles. The summed E-state index contributed by atoms with van der Waals surface area (Å²) in [6, 6.07) is 12.5. The van der Waals surface area contributed by atoms with Gasteiger partial charge in [-0.3, -0.25) is 0 Å². The van der Waals surface area contributed by atoms with Crippen molar-refractivity contribution in [3.63, 3.8) is 0 Å². The lowest BCUT2D eigenvalue weighted by atomic mass is 9.86. The molecule has 0 N–H and O–H groups in total. The summed E-state index contributed by atoms with van der Waals surface area (Å²) in [5.41, 5.74) is 4.86. The SMILES string of the molecule is COc1cccc2c1-c1c(cccc1OC)CC(Br)C(Br)C2. The molecular weight excluding hydrogens is 408 g/mol. The van der Waals surface area contributed by atoms with E-state index in [2.05, 4.69) is 56.1 Å². The Morgan fingerprint density at radius 1 is 0.773 bits per heavy atom. The van der Waals surface area contributed by atoms with Crippen LogP contribution in [0.3, 0.4) is 0 Å². The number of halogens is 2. The summed E-state index contributed by atoms with van der Waals surface area (Å²) in [6.45, 7) is 0. The van der Waals surface area contributed by atoms with Crippen molar-refractivity contribution in [2.45, 2.75) is 22.5 Å². The van der Waals surface area contributed by atoms with Gasteiger partial charge in [-0.2, -0.15) is 0 Å². The van der Waals surface area contributed by atoms with Crippen LogP contribution in [-0.4, -0.2) is 23.9 Å². The minimum absolute atomic E-state index is 0.373. The van der Waals surface area contributed by atoms with Crippen LogP contribution in [0, 0.1) is 0 Å². The quantitative estimate of drug-likeness (QED) is 0.630. The maximum atomic E-state index is 5.64. The van der Waals surface area contributed by atoms with E-state index in [9.17, 15) is 0 Å². The van der Waals surface area contributed by atoms with E-state index in [0.717, 1.165) is 35.5 Å². The van der Waals surface area contributed by atoms with Crippen LogP contribution < -0.4 is 9.47 Å². The van der Waals surface area contributed by atoms with Crippen molar-refractivity contribution in [3.05, 3.63) is 47.5 Å². The maximum absolute atomic E-state index is 5.64. The molecule has 4 heteroatoms. The van der Waals surface area contributed by atoms with E-state index < -0.39 is 0 Å². The number of alkyl halides is 2. The van der Waals surface area contributed by atoms with E-state index >= 15 is 0 Å². The van der Waals surface area contributed by atoms with Crippen molar-refractivity contribution in [1.82, 2.24) is 0 Å². The molecule has 0 aromatic heterocycles. The first kappa shape index (κ1) is 15.9. The van der Waals surface area contributed by atoms with E-state index in [1.54, 1.807) is 14.2 Å². The van der Waals surface area contributed by atoms with Crippen molar-refractivity contribution in [2.75, 3.05) is 14.2 Å². The van der Waals surface area contributed by atoms with Crippen LogP contribution in [0.5, 0.6) is 11.5 Å². The van der Waals surface area contributed by atoms with Crippen LogP contribution in [0.2, 0.25) is 0 Å². The Kier molecular flexibility index (Phi) is 4.79. The fraction of sp³-hybridized carbons (Fsp3) is 0.333. The van der Waals surface area contributed by atoms with Crippen molar-refractivity contribution >= 4 is 31.9 Å². The summed E-state index contributed by atoms with van der Waals surface area (Å²) < 4.78 is 11.3. The molecule has 2 aromatic rings. The number of hydrogen-bond acceptors (Lipinski definition) is 2. The molecule has 0 amide bonds. The second-order valence-electron chi connectivity index (χ2n) is 5.43. The normalized spacial score (nSPS) is 20.4. The summed E-state index contributed by atoms with van der Waals surface area (Å²) in [5, 5.41) is 0. The van der Waals surface area contributed by atoms with Crippen LogP contribution in [0.4, 0.5) is 0 Å². The van der Waals surface area contributed by atoms with Gasteiger partial charge in [0.15, 0.2) is 0 Å². The average molecular weight is 426 g/mol. The van der Waals surface area contributed by atoms with Gasteiger partial charge in [-0.25, -0.2) is 0 Å². The number of methoxy groups -OCH3 is 2. The Labute approximate surface area is 148 Å². The van der Waals surface area contributed by atoms with Gasteiger partial charge in [-0.15, -0.1) is 0 Å². The Morgan fingerprint density at radius 2 is 1.18 bits per heavy atom. The molecule has 1 aliphatic carbocycles. The molecule has 0 heterocycles. The fourth-order valence-corrected chi connectivity index (χ4v) is 4.15. The zero-order chi connectivity index (χ0) is 15.7. The topological polar surface area (TPSA) is 18.5 Å². The number of ether oxygens (including phenoxy) is 2. The summed E-state index contributed by atoms with van der Waals surface area (Å²) in [5.74, 6) is 1.80. The number of benzene rings is 2. The van der Waals surface area contributed by atoms with Gasteiger partial charge >= 0.3 is 0 Å². The zero-order valence-electron chi connectivity index (χ0n) is 12.6. The molecule has 22 heavy (non-hydrogen) atoms. The highest BCUT2D eigenvalue weighted by atomic mass is 79.9. The average Bonchev–Trinajstić information content (AvgIpc) is 2.53. The van der Waals surface area contributed by atoms with E-state index in [1.165, 1.54) is 11.1 Å². The summed E-state index contributed by atoms with van der Waals surface area (Å²) in [4.78, 5) is 0.746. The minimum atomic E-state index is 0.373. The predicted molar refractivity (Wildman–Crippen MR) is 97.8 cm³/mol. The van der Waals surface area contributed by atoms with Gasteiger partial charge in [0.25, 0.3) is 0 Å². The molecule has 1 aliphatic rings. The monoisotopic (exact) mass is 424 g/mol. The van der Waals surface area contributed by atoms with Gasteiger partial charge in [0, 0.05) is 20.8 Å². The molecule has 2 nitrogen and oxygen atoms in total. The van der Waals surface area contributed by atoms with E-state index in [1.807, 2.05) is 12.1 Å². The summed E-state index contributed by atoms with van der Waals surface area (Å²) in [7, 11) is 3.45. The molecule has 0 bridgehead atoms. The van der Waals surface area contributed by atoms with Gasteiger partial charge in [-0.05, 0) is 36.1 Å². The molecule has 0 fully saturated rings. The van der Waals surface area contributed by atoms with Gasteiger partial charge in [-0.1, -0.05) is 56.1 Å². The second kappa shape index (κ2) is 6.63. The van der Waals surface area contributed by atoms with E-state index in [-0.39, 0.29) is 0 Å². The van der Waals surface area contributed by atoms with Crippen LogP contribution >= 0.6 is 31.9 Å². The van der Waals surface area contributed by atoms with Crippen molar-refractivity contribution < 1.29 is 9.47 Å². The Hall–Kier alpha value is -1.000. The smallest absolute Gasteiger partial charge is 0.127 e. The molecule has 0 radical (unpaired) electrons. The number of fused-ring (bicyclic) bond motifs is 3. The van der Waals surface area contributed by atoms with Gasteiger partial charge in [0.2, 0.25) is 0 Å². The molecule has 116 valence electrons. The second-order valence-corrected chi connectivity index (χ2v) is 7.78. The summed E-state index contributed by atoms with van der Waals surface area (Å²) in [6.07, 6.45) is 1.89. The van der Waals surface area contributed by atoms with Gasteiger partial charge in [0.05, 0.1) is 14.2 Å². The number of hydrogen-bond donors (Lipinski definition) is 0. The van der Waals surface area contributed by atoms with Gasteiger partial charge in [0.1, 0.15) is 11.5 Å². The molecule has 0 spiro atoms. The lowest BCUT2D eigenvalue weighted by Crippen LogP contribution is -2.22. The molecule has 3 rings (SSSR count). The number of rotatable bonds is 2. The highest BCUT2D eigenvalue weighted by molar-refractivity contribution is 9.12. The molecule has 2 atom stereocenters. The highest BCUT2D eigenvalue weighted by Gasteiger charge is 2.27. The van der Waals surface area contributed by atoms with Crippen molar-refractivity contribution in [3.8, 4) is 22.6 Å². The van der Waals surface area contributed by atoms with Crippen molar-refractivity contribution in [1.29, 1.82) is 0 Å². The standard InChI is InChI=1S/C18H18Br2O2/c1-21-15-7-3-5-11-9-13(19)14(20)10-12-6-4-8-16(22-2)18(12)17(11)15/h3-8,13-14H,9-10H2,1-2H3. The first-order valence-corrected chi connectivity index (χ1v) is 9.09. The van der Waals surface area contributed by atoms with Crippen LogP contribution in [0.25, 0.3) is 11.1 Å². The Bertz CT molecular complexity index is 625.